The number of hydrogen-bond donors (Lipinski definition) is 0. The third-order valence-electron chi connectivity index (χ3n) is 4.91. The molecule has 0 aromatic heterocycles. The lowest BCUT2D eigenvalue weighted by Gasteiger charge is -2.25. The van der Waals surface area contributed by atoms with Gasteiger partial charge in [0.15, 0.2) is 0 Å². The van der Waals surface area contributed by atoms with E-state index < -0.39 is 0 Å². The van der Waals surface area contributed by atoms with Crippen molar-refractivity contribution in [2.45, 2.75) is 33.3 Å². The molecule has 1 aliphatic heterocycles. The molecule has 0 N–H and O–H groups in total. The van der Waals surface area contributed by atoms with Gasteiger partial charge in [-0.1, -0.05) is 41.9 Å². The number of nitrogens with zero attached hydrogens (tertiary/aromatic N) is 2. The standard InChI is InChI=1S/C24H27ClN2O3/c1-4-26(20-9-6-5-7-10-20)22-21(18-11-13-19(25)14-12-18)23(28)27(24(22)29)15-8-16-30-17(2)3/h5-7,9-14,17H,4,8,15-16H2,1-3H3. The molecule has 0 fully saturated rings. The number of carbonyl (C=O) groups is 2. The highest BCUT2D eigenvalue weighted by Crippen LogP contribution is 2.34. The van der Waals surface area contributed by atoms with Crippen LogP contribution in [0.5, 0.6) is 0 Å². The topological polar surface area (TPSA) is 49.9 Å². The molecule has 0 aliphatic carbocycles. The lowest BCUT2D eigenvalue weighted by atomic mass is 10.0. The molecule has 1 heterocycles. The molecule has 0 atom stereocenters. The quantitative estimate of drug-likeness (QED) is 0.428. The lowest BCUT2D eigenvalue weighted by molar-refractivity contribution is -0.137. The van der Waals surface area contributed by atoms with Crippen molar-refractivity contribution in [3.05, 3.63) is 70.9 Å². The fraction of sp³-hybridized carbons (Fsp3) is 0.333. The van der Waals surface area contributed by atoms with Crippen LogP contribution in [0.25, 0.3) is 5.57 Å². The van der Waals surface area contributed by atoms with Crippen LogP contribution in [0.3, 0.4) is 0 Å². The van der Waals surface area contributed by atoms with E-state index >= 15 is 0 Å². The second-order valence-corrected chi connectivity index (χ2v) is 7.78. The Bertz CT molecular complexity index is 923. The van der Waals surface area contributed by atoms with Gasteiger partial charge in [0.25, 0.3) is 11.8 Å². The average molecular weight is 427 g/mol. The third kappa shape index (κ3) is 4.74. The van der Waals surface area contributed by atoms with E-state index in [0.29, 0.717) is 48.0 Å². The van der Waals surface area contributed by atoms with Crippen molar-refractivity contribution in [2.75, 3.05) is 24.6 Å². The SMILES string of the molecule is CCN(C1=C(c2ccc(Cl)cc2)C(=O)N(CCCOC(C)C)C1=O)c1ccccc1. The first-order valence-corrected chi connectivity index (χ1v) is 10.6. The van der Waals surface area contributed by atoms with Crippen LogP contribution < -0.4 is 4.90 Å². The molecule has 2 aromatic rings. The van der Waals surface area contributed by atoms with Crippen molar-refractivity contribution in [2.24, 2.45) is 0 Å². The number of likely N-dealkylation sites (N-methyl/N-ethyl adjacent to an activating group) is 1. The van der Waals surface area contributed by atoms with Crippen LogP contribution in [0.2, 0.25) is 5.02 Å². The van der Waals surface area contributed by atoms with Gasteiger partial charge in [-0.25, -0.2) is 0 Å². The van der Waals surface area contributed by atoms with Crippen molar-refractivity contribution in [1.29, 1.82) is 0 Å². The molecule has 0 saturated carbocycles. The van der Waals surface area contributed by atoms with E-state index in [1.165, 1.54) is 4.90 Å². The van der Waals surface area contributed by atoms with Gasteiger partial charge < -0.3 is 9.64 Å². The summed E-state index contributed by atoms with van der Waals surface area (Å²) in [5.74, 6) is -0.559. The summed E-state index contributed by atoms with van der Waals surface area (Å²) in [5, 5.41) is 0.579. The number of amides is 2. The monoisotopic (exact) mass is 426 g/mol. The van der Waals surface area contributed by atoms with Gasteiger partial charge in [0.05, 0.1) is 11.7 Å². The minimum atomic E-state index is -0.281. The van der Waals surface area contributed by atoms with Crippen LogP contribution in [0.4, 0.5) is 5.69 Å². The summed E-state index contributed by atoms with van der Waals surface area (Å²) < 4.78 is 5.57. The zero-order chi connectivity index (χ0) is 21.7. The molecule has 2 aromatic carbocycles. The first-order chi connectivity index (χ1) is 14.4. The molecular formula is C24H27ClN2O3. The third-order valence-corrected chi connectivity index (χ3v) is 5.16. The van der Waals surface area contributed by atoms with Crippen LogP contribution in [0.15, 0.2) is 60.3 Å². The summed E-state index contributed by atoms with van der Waals surface area (Å²) in [4.78, 5) is 30.0. The number of carbonyl (C=O) groups excluding carboxylic acids is 2. The molecule has 0 bridgehead atoms. The smallest absolute Gasteiger partial charge is 0.278 e. The molecule has 30 heavy (non-hydrogen) atoms. The molecule has 5 nitrogen and oxygen atoms in total. The average Bonchev–Trinajstić information content (AvgIpc) is 2.98. The number of ether oxygens (including phenoxy) is 1. The maximum atomic E-state index is 13.4. The van der Waals surface area contributed by atoms with Gasteiger partial charge in [-0.2, -0.15) is 0 Å². The fourth-order valence-electron chi connectivity index (χ4n) is 3.51. The van der Waals surface area contributed by atoms with Crippen LogP contribution in [0.1, 0.15) is 32.8 Å². The van der Waals surface area contributed by atoms with Gasteiger partial charge in [0.2, 0.25) is 0 Å². The van der Waals surface area contributed by atoms with Gasteiger partial charge >= 0.3 is 0 Å². The van der Waals surface area contributed by atoms with Crippen molar-refractivity contribution in [3.63, 3.8) is 0 Å². The van der Waals surface area contributed by atoms with Gasteiger partial charge in [-0.15, -0.1) is 0 Å². The second kappa shape index (κ2) is 9.92. The number of imide groups is 1. The van der Waals surface area contributed by atoms with Crippen molar-refractivity contribution < 1.29 is 14.3 Å². The Balaban J connectivity index is 1.99. The van der Waals surface area contributed by atoms with E-state index in [1.807, 2.05) is 56.0 Å². The maximum absolute atomic E-state index is 13.4. The highest BCUT2D eigenvalue weighted by molar-refractivity contribution is 6.37. The van der Waals surface area contributed by atoms with E-state index in [-0.39, 0.29) is 17.9 Å². The van der Waals surface area contributed by atoms with E-state index in [1.54, 1.807) is 24.3 Å². The second-order valence-electron chi connectivity index (χ2n) is 7.35. The Morgan fingerprint density at radius 3 is 2.27 bits per heavy atom. The molecule has 3 rings (SSSR count). The number of halogens is 1. The number of rotatable bonds is 9. The predicted octanol–water partition coefficient (Wildman–Crippen LogP) is 4.76. The van der Waals surface area contributed by atoms with Crippen LogP contribution in [-0.2, 0) is 14.3 Å². The molecule has 0 unspecified atom stereocenters. The Kier molecular flexibility index (Phi) is 7.29. The molecule has 1 aliphatic rings. The molecular weight excluding hydrogens is 400 g/mol. The van der Waals surface area contributed by atoms with E-state index in [0.717, 1.165) is 5.69 Å². The summed E-state index contributed by atoms with van der Waals surface area (Å²) in [5.41, 5.74) is 2.36. The Morgan fingerprint density at radius 2 is 1.67 bits per heavy atom. The fourth-order valence-corrected chi connectivity index (χ4v) is 3.64. The first kappa shape index (κ1) is 22.1. The van der Waals surface area contributed by atoms with Crippen molar-refractivity contribution in [1.82, 2.24) is 4.90 Å². The van der Waals surface area contributed by atoms with E-state index in [9.17, 15) is 9.59 Å². The zero-order valence-electron chi connectivity index (χ0n) is 17.6. The Hall–Kier alpha value is -2.63. The normalized spacial score (nSPS) is 14.2. The molecule has 6 heteroatoms. The summed E-state index contributed by atoms with van der Waals surface area (Å²) in [7, 11) is 0. The van der Waals surface area contributed by atoms with E-state index in [4.69, 9.17) is 16.3 Å². The number of benzene rings is 2. The minimum absolute atomic E-state index is 0.113. The van der Waals surface area contributed by atoms with E-state index in [2.05, 4.69) is 0 Å². The Labute approximate surface area is 182 Å². The molecule has 0 spiro atoms. The molecule has 2 amide bonds. The van der Waals surface area contributed by atoms with Crippen molar-refractivity contribution >= 4 is 34.7 Å². The number of hydrogen-bond acceptors (Lipinski definition) is 4. The molecule has 0 radical (unpaired) electrons. The molecule has 0 saturated heterocycles. The van der Waals surface area contributed by atoms with Gasteiger partial charge in [-0.05, 0) is 57.0 Å². The maximum Gasteiger partial charge on any atom is 0.278 e. The summed E-state index contributed by atoms with van der Waals surface area (Å²) in [6.45, 7) is 7.26. The minimum Gasteiger partial charge on any atom is -0.379 e. The largest absolute Gasteiger partial charge is 0.379 e. The van der Waals surface area contributed by atoms with Crippen LogP contribution in [0, 0.1) is 0 Å². The van der Waals surface area contributed by atoms with Gasteiger partial charge in [-0.3, -0.25) is 14.5 Å². The summed E-state index contributed by atoms with van der Waals surface area (Å²) in [6, 6.07) is 16.7. The Morgan fingerprint density at radius 1 is 1.00 bits per heavy atom. The molecule has 158 valence electrons. The number of anilines is 1. The zero-order valence-corrected chi connectivity index (χ0v) is 18.4. The highest BCUT2D eigenvalue weighted by Gasteiger charge is 2.41. The lowest BCUT2D eigenvalue weighted by Crippen LogP contribution is -2.36. The highest BCUT2D eigenvalue weighted by atomic mass is 35.5. The summed E-state index contributed by atoms with van der Waals surface area (Å²) in [6.07, 6.45) is 0.704. The van der Waals surface area contributed by atoms with Crippen LogP contribution >= 0.6 is 11.6 Å². The first-order valence-electron chi connectivity index (χ1n) is 10.2. The van der Waals surface area contributed by atoms with Crippen molar-refractivity contribution in [3.8, 4) is 0 Å². The summed E-state index contributed by atoms with van der Waals surface area (Å²) >= 11 is 6.04. The predicted molar refractivity (Wildman–Crippen MR) is 120 cm³/mol. The van der Waals surface area contributed by atoms with Gasteiger partial charge in [0, 0.05) is 30.4 Å². The number of para-hydroxylation sites is 1. The van der Waals surface area contributed by atoms with Crippen LogP contribution in [-0.4, -0.2) is 42.5 Å². The van der Waals surface area contributed by atoms with Gasteiger partial charge in [0.1, 0.15) is 5.70 Å².